The molecular weight excluding hydrogens is 306 g/mol. The first-order chi connectivity index (χ1) is 10.1. The van der Waals surface area contributed by atoms with Gasteiger partial charge in [0.05, 0.1) is 11.3 Å². The summed E-state index contributed by atoms with van der Waals surface area (Å²) in [6.45, 7) is 0. The minimum atomic E-state index is -0.437. The molecule has 0 spiro atoms. The Kier molecular flexibility index (Phi) is 5.37. The summed E-state index contributed by atoms with van der Waals surface area (Å²) in [5, 5.41) is 17.5. The van der Waals surface area contributed by atoms with E-state index >= 15 is 0 Å². The van der Waals surface area contributed by atoms with E-state index in [4.69, 9.17) is 0 Å². The number of benzene rings is 1. The summed E-state index contributed by atoms with van der Waals surface area (Å²) in [7, 11) is 0. The molecule has 2 aliphatic rings. The average Bonchev–Trinajstić information content (AvgIpc) is 2.78. The number of rotatable bonds is 4. The van der Waals surface area contributed by atoms with Gasteiger partial charge in [-0.3, -0.25) is 14.9 Å². The van der Waals surface area contributed by atoms with Gasteiger partial charge in [-0.25, -0.2) is 0 Å². The molecule has 0 aromatic heterocycles. The highest BCUT2D eigenvalue weighted by molar-refractivity contribution is 5.85. The van der Waals surface area contributed by atoms with Crippen LogP contribution in [0.3, 0.4) is 0 Å². The third kappa shape index (κ3) is 3.75. The lowest BCUT2D eigenvalue weighted by atomic mass is 9.99. The second-order valence-electron chi connectivity index (χ2n) is 5.94. The van der Waals surface area contributed by atoms with Crippen LogP contribution in [0.5, 0.6) is 0 Å². The van der Waals surface area contributed by atoms with Crippen LogP contribution in [-0.4, -0.2) is 29.0 Å². The number of fused-ring (bicyclic) bond motifs is 2. The van der Waals surface area contributed by atoms with Crippen LogP contribution >= 0.6 is 12.4 Å². The number of nitro benzene ring substituents is 1. The molecule has 120 valence electrons. The summed E-state index contributed by atoms with van der Waals surface area (Å²) in [6, 6.07) is 7.64. The Labute approximate surface area is 135 Å². The van der Waals surface area contributed by atoms with Crippen LogP contribution in [0.1, 0.15) is 31.2 Å². The van der Waals surface area contributed by atoms with Crippen LogP contribution < -0.4 is 10.6 Å². The zero-order valence-electron chi connectivity index (χ0n) is 12.2. The Morgan fingerprint density at radius 1 is 1.27 bits per heavy atom. The van der Waals surface area contributed by atoms with E-state index in [9.17, 15) is 14.9 Å². The highest BCUT2D eigenvalue weighted by atomic mass is 35.5. The van der Waals surface area contributed by atoms with Gasteiger partial charge < -0.3 is 10.6 Å². The number of nitro groups is 1. The number of halogens is 1. The van der Waals surface area contributed by atoms with Gasteiger partial charge in [0.2, 0.25) is 5.91 Å². The molecule has 1 amide bonds. The normalized spacial score (nSPS) is 26.1. The topological polar surface area (TPSA) is 84.3 Å². The van der Waals surface area contributed by atoms with Crippen molar-refractivity contribution in [1.82, 2.24) is 10.6 Å². The summed E-state index contributed by atoms with van der Waals surface area (Å²) in [4.78, 5) is 22.7. The Morgan fingerprint density at radius 2 is 1.91 bits per heavy atom. The number of hydrogen-bond donors (Lipinski definition) is 2. The van der Waals surface area contributed by atoms with E-state index < -0.39 is 4.92 Å². The fourth-order valence-corrected chi connectivity index (χ4v) is 3.47. The highest BCUT2D eigenvalue weighted by Crippen LogP contribution is 2.27. The van der Waals surface area contributed by atoms with E-state index in [1.54, 1.807) is 18.2 Å². The van der Waals surface area contributed by atoms with Crippen molar-refractivity contribution >= 4 is 24.0 Å². The lowest BCUT2D eigenvalue weighted by Crippen LogP contribution is -2.48. The Hall–Kier alpha value is -1.66. The number of para-hydroxylation sites is 1. The standard InChI is InChI=1S/C15H19N3O3.ClH/c19-15(7-10-3-1-2-4-14(10)18(20)21)17-13-8-11-5-6-12(9-13)16-11;/h1-4,11-13,16H,5-9H2,(H,17,19);1H. The summed E-state index contributed by atoms with van der Waals surface area (Å²) >= 11 is 0. The predicted octanol–water partition coefficient (Wildman–Crippen LogP) is 1.96. The molecule has 2 aliphatic heterocycles. The maximum Gasteiger partial charge on any atom is 0.273 e. The first kappa shape index (κ1) is 16.7. The predicted molar refractivity (Wildman–Crippen MR) is 85.2 cm³/mol. The van der Waals surface area contributed by atoms with Crippen LogP contribution in [-0.2, 0) is 11.2 Å². The number of hydrogen-bond acceptors (Lipinski definition) is 4. The van der Waals surface area contributed by atoms with E-state index in [1.165, 1.54) is 18.9 Å². The van der Waals surface area contributed by atoms with Gasteiger partial charge in [-0.1, -0.05) is 18.2 Å². The van der Waals surface area contributed by atoms with Crippen molar-refractivity contribution in [2.75, 3.05) is 0 Å². The van der Waals surface area contributed by atoms with Crippen molar-refractivity contribution in [3.63, 3.8) is 0 Å². The van der Waals surface area contributed by atoms with Crippen molar-refractivity contribution in [1.29, 1.82) is 0 Å². The highest BCUT2D eigenvalue weighted by Gasteiger charge is 2.34. The van der Waals surface area contributed by atoms with Gasteiger partial charge in [0.1, 0.15) is 0 Å². The monoisotopic (exact) mass is 325 g/mol. The molecule has 6 nitrogen and oxygen atoms in total. The number of piperidine rings is 1. The maximum absolute atomic E-state index is 12.1. The van der Waals surface area contributed by atoms with Gasteiger partial charge in [-0.2, -0.15) is 0 Å². The van der Waals surface area contributed by atoms with Crippen molar-refractivity contribution in [2.45, 2.75) is 50.2 Å². The molecular formula is C15H20ClN3O3. The van der Waals surface area contributed by atoms with Crippen LogP contribution in [0.15, 0.2) is 24.3 Å². The molecule has 0 aliphatic carbocycles. The van der Waals surface area contributed by atoms with Crippen LogP contribution in [0.2, 0.25) is 0 Å². The van der Waals surface area contributed by atoms with Crippen molar-refractivity contribution in [3.05, 3.63) is 39.9 Å². The number of nitrogens with zero attached hydrogens (tertiary/aromatic N) is 1. The zero-order valence-corrected chi connectivity index (χ0v) is 13.0. The maximum atomic E-state index is 12.1. The van der Waals surface area contributed by atoms with Crippen molar-refractivity contribution in [3.8, 4) is 0 Å². The summed E-state index contributed by atoms with van der Waals surface area (Å²) in [5.74, 6) is -0.129. The summed E-state index contributed by atoms with van der Waals surface area (Å²) < 4.78 is 0. The van der Waals surface area contributed by atoms with E-state index in [0.717, 1.165) is 12.8 Å². The minimum absolute atomic E-state index is 0. The molecule has 7 heteroatoms. The summed E-state index contributed by atoms with van der Waals surface area (Å²) in [6.07, 6.45) is 4.34. The quantitative estimate of drug-likeness (QED) is 0.654. The van der Waals surface area contributed by atoms with Gasteiger partial charge in [-0.05, 0) is 25.7 Å². The Morgan fingerprint density at radius 3 is 2.55 bits per heavy atom. The lowest BCUT2D eigenvalue weighted by molar-refractivity contribution is -0.385. The first-order valence-electron chi connectivity index (χ1n) is 7.39. The van der Waals surface area contributed by atoms with Gasteiger partial charge >= 0.3 is 0 Å². The molecule has 22 heavy (non-hydrogen) atoms. The van der Waals surface area contributed by atoms with Crippen LogP contribution in [0, 0.1) is 10.1 Å². The largest absolute Gasteiger partial charge is 0.353 e. The third-order valence-corrected chi connectivity index (χ3v) is 4.38. The van der Waals surface area contributed by atoms with E-state index in [0.29, 0.717) is 17.6 Å². The molecule has 2 fully saturated rings. The van der Waals surface area contributed by atoms with Crippen molar-refractivity contribution < 1.29 is 9.72 Å². The number of amides is 1. The van der Waals surface area contributed by atoms with E-state index in [2.05, 4.69) is 10.6 Å². The Balaban J connectivity index is 0.00000176. The van der Waals surface area contributed by atoms with E-state index in [-0.39, 0.29) is 36.5 Å². The lowest BCUT2D eigenvalue weighted by Gasteiger charge is -2.29. The SMILES string of the molecule is Cl.O=C(Cc1ccccc1[N+](=O)[O-])NC1CC2CCC(C1)N2. The van der Waals surface area contributed by atoms with Gasteiger partial charge in [0.15, 0.2) is 0 Å². The molecule has 2 unspecified atom stereocenters. The number of nitrogens with one attached hydrogen (secondary N) is 2. The third-order valence-electron chi connectivity index (χ3n) is 4.38. The van der Waals surface area contributed by atoms with Gasteiger partial charge in [-0.15, -0.1) is 12.4 Å². The van der Waals surface area contributed by atoms with Gasteiger partial charge in [0, 0.05) is 29.8 Å². The summed E-state index contributed by atoms with van der Waals surface area (Å²) in [5.41, 5.74) is 0.481. The fraction of sp³-hybridized carbons (Fsp3) is 0.533. The molecule has 2 bridgehead atoms. The van der Waals surface area contributed by atoms with E-state index in [1.807, 2.05) is 0 Å². The molecule has 0 radical (unpaired) electrons. The second-order valence-corrected chi connectivity index (χ2v) is 5.94. The molecule has 1 aromatic carbocycles. The zero-order chi connectivity index (χ0) is 14.8. The van der Waals surface area contributed by atoms with Gasteiger partial charge in [0.25, 0.3) is 5.69 Å². The molecule has 2 saturated heterocycles. The number of carbonyl (C=O) groups excluding carboxylic acids is 1. The molecule has 3 rings (SSSR count). The fourth-order valence-electron chi connectivity index (χ4n) is 3.47. The molecule has 0 saturated carbocycles. The molecule has 2 N–H and O–H groups in total. The molecule has 1 aromatic rings. The first-order valence-corrected chi connectivity index (χ1v) is 7.39. The minimum Gasteiger partial charge on any atom is -0.353 e. The average molecular weight is 326 g/mol. The smallest absolute Gasteiger partial charge is 0.273 e. The number of carbonyl (C=O) groups is 1. The molecule has 2 heterocycles. The second kappa shape index (κ2) is 7.07. The molecule has 2 atom stereocenters. The van der Waals surface area contributed by atoms with Crippen LogP contribution in [0.4, 0.5) is 5.69 Å². The van der Waals surface area contributed by atoms with Crippen LogP contribution in [0.25, 0.3) is 0 Å². The van der Waals surface area contributed by atoms with Crippen molar-refractivity contribution in [2.24, 2.45) is 0 Å². The Bertz CT molecular complexity index is 555.